The molecule has 0 saturated heterocycles. The Bertz CT molecular complexity index is 265. The van der Waals surface area contributed by atoms with Gasteiger partial charge in [0.05, 0.1) is 0 Å². The maximum atomic E-state index is 10.3. The van der Waals surface area contributed by atoms with Gasteiger partial charge in [-0.05, 0) is 12.1 Å². The summed E-state index contributed by atoms with van der Waals surface area (Å²) in [5.41, 5.74) is -0.0671. The molecule has 1 aromatic carbocycles. The number of halogens is 1. The SMILES string of the molecule is O=C(O)c1ccccc1O.[Zn][I]. The van der Waals surface area contributed by atoms with E-state index in [0.717, 1.165) is 0 Å². The monoisotopic (exact) mass is 329 g/mol. The summed E-state index contributed by atoms with van der Waals surface area (Å²) < 4.78 is 0. The van der Waals surface area contributed by atoms with Gasteiger partial charge in [0.1, 0.15) is 11.3 Å². The van der Waals surface area contributed by atoms with Gasteiger partial charge < -0.3 is 10.2 Å². The zero-order valence-electron chi connectivity index (χ0n) is 6.20. The molecular weight excluding hydrogens is 324 g/mol. The number of phenols is 1. The van der Waals surface area contributed by atoms with E-state index in [4.69, 9.17) is 10.2 Å². The maximum absolute atomic E-state index is 10.3. The van der Waals surface area contributed by atoms with Gasteiger partial charge in [-0.3, -0.25) is 0 Å². The summed E-state index contributed by atoms with van der Waals surface area (Å²) in [5, 5.41) is 17.3. The molecule has 0 heterocycles. The zero-order chi connectivity index (χ0) is 9.56. The Labute approximate surface area is 90.7 Å². The molecule has 0 aliphatic rings. The Hall–Kier alpha value is -0.157. The van der Waals surface area contributed by atoms with E-state index in [9.17, 15) is 4.79 Å². The van der Waals surface area contributed by atoms with E-state index in [-0.39, 0.29) is 11.3 Å². The van der Waals surface area contributed by atoms with Crippen LogP contribution in [0.25, 0.3) is 0 Å². The number of carboxylic acids is 1. The number of benzene rings is 1. The van der Waals surface area contributed by atoms with Crippen LogP contribution in [0.4, 0.5) is 0 Å². The van der Waals surface area contributed by atoms with Gasteiger partial charge in [0.2, 0.25) is 0 Å². The molecule has 0 aromatic heterocycles. The third-order valence-corrected chi connectivity index (χ3v) is 1.13. The van der Waals surface area contributed by atoms with Crippen molar-refractivity contribution in [2.75, 3.05) is 0 Å². The molecule has 0 aliphatic carbocycles. The molecule has 2 N–H and O–H groups in total. The molecule has 12 heavy (non-hydrogen) atoms. The number of rotatable bonds is 1. The van der Waals surface area contributed by atoms with E-state index in [0.29, 0.717) is 0 Å². The van der Waals surface area contributed by atoms with Crippen LogP contribution in [0.2, 0.25) is 0 Å². The van der Waals surface area contributed by atoms with Crippen molar-refractivity contribution in [3.8, 4) is 5.75 Å². The predicted octanol–water partition coefficient (Wildman–Crippen LogP) is 1.97. The van der Waals surface area contributed by atoms with Crippen LogP contribution in [0.1, 0.15) is 10.4 Å². The third kappa shape index (κ3) is 3.49. The molecule has 0 radical (unpaired) electrons. The van der Waals surface area contributed by atoms with Gasteiger partial charge in [0.25, 0.3) is 0 Å². The summed E-state index contributed by atoms with van der Waals surface area (Å²) >= 11 is 3.62. The Balaban J connectivity index is 0.000000561. The van der Waals surface area contributed by atoms with Crippen LogP contribution < -0.4 is 0 Å². The molecule has 0 saturated carbocycles. The molecule has 0 unspecified atom stereocenters. The van der Waals surface area contributed by atoms with E-state index in [1.54, 1.807) is 12.1 Å². The number of carbonyl (C=O) groups is 1. The summed E-state index contributed by atoms with van der Waals surface area (Å²) in [5.74, 6) is -1.31. The molecule has 0 fully saturated rings. The predicted molar refractivity (Wildman–Crippen MR) is 49.1 cm³/mol. The van der Waals surface area contributed by atoms with E-state index in [1.165, 1.54) is 26.9 Å². The quantitative estimate of drug-likeness (QED) is 0.611. The number of hydrogen-bond donors (Lipinski definition) is 2. The molecule has 0 amide bonds. The Morgan fingerprint density at radius 2 is 1.83 bits per heavy atom. The molecule has 0 aliphatic heterocycles. The zero-order valence-corrected chi connectivity index (χ0v) is 11.3. The first-order valence-corrected chi connectivity index (χ1v) is 12.0. The number of aromatic carboxylic acids is 1. The molecule has 0 bridgehead atoms. The van der Waals surface area contributed by atoms with E-state index < -0.39 is 5.97 Å². The second-order valence-corrected chi connectivity index (χ2v) is 1.82. The standard InChI is InChI=1S/C7H6O3.HI.Zn/c8-6-4-2-1-3-5(6)7(9)10;;/h1-4,8H,(H,9,10);1H;/q;;+1/p-1. The average molecular weight is 330 g/mol. The van der Waals surface area contributed by atoms with Gasteiger partial charge in [0.15, 0.2) is 0 Å². The topological polar surface area (TPSA) is 57.5 Å². The van der Waals surface area contributed by atoms with Crippen LogP contribution in [-0.2, 0) is 14.8 Å². The van der Waals surface area contributed by atoms with Crippen LogP contribution >= 0.6 is 19.8 Å². The van der Waals surface area contributed by atoms with Gasteiger partial charge in [-0.2, -0.15) is 0 Å². The normalized spacial score (nSPS) is 8.25. The summed E-state index contributed by atoms with van der Waals surface area (Å²) in [6, 6.07) is 5.81. The molecule has 1 aromatic rings. The summed E-state index contributed by atoms with van der Waals surface area (Å²) in [7, 11) is 0. The summed E-state index contributed by atoms with van der Waals surface area (Å²) in [6.45, 7) is 0. The second-order valence-electron chi connectivity index (χ2n) is 1.82. The second kappa shape index (κ2) is 6.37. The van der Waals surface area contributed by atoms with Crippen LogP contribution in [-0.4, -0.2) is 16.2 Å². The molecule has 61 valence electrons. The minimum atomic E-state index is -1.11. The van der Waals surface area contributed by atoms with Crippen LogP contribution in [0.5, 0.6) is 5.75 Å². The summed E-state index contributed by atoms with van der Waals surface area (Å²) in [4.78, 5) is 10.3. The van der Waals surface area contributed by atoms with Gasteiger partial charge in [-0.15, -0.1) is 0 Å². The average Bonchev–Trinajstić information content (AvgIpc) is 2.08. The van der Waals surface area contributed by atoms with Gasteiger partial charge in [0, 0.05) is 0 Å². The molecule has 1 rings (SSSR count). The first kappa shape index (κ1) is 11.8. The third-order valence-electron chi connectivity index (χ3n) is 1.13. The van der Waals surface area contributed by atoms with Gasteiger partial charge in [-0.1, -0.05) is 12.1 Å². The van der Waals surface area contributed by atoms with E-state index in [1.807, 2.05) is 0 Å². The fraction of sp³-hybridized carbons (Fsp3) is 0. The van der Waals surface area contributed by atoms with Crippen molar-refractivity contribution in [3.05, 3.63) is 29.8 Å². The fourth-order valence-corrected chi connectivity index (χ4v) is 0.654. The first-order chi connectivity index (χ1) is 5.72. The Morgan fingerprint density at radius 1 is 1.33 bits per heavy atom. The minimum absolute atomic E-state index is 0.0671. The van der Waals surface area contributed by atoms with Crippen molar-refractivity contribution in [1.29, 1.82) is 0 Å². The van der Waals surface area contributed by atoms with Crippen molar-refractivity contribution in [1.82, 2.24) is 0 Å². The molecular formula is C7H6IO3Zn. The van der Waals surface area contributed by atoms with E-state index in [2.05, 4.69) is 19.8 Å². The van der Waals surface area contributed by atoms with E-state index >= 15 is 0 Å². The molecule has 3 nitrogen and oxygen atoms in total. The summed E-state index contributed by atoms with van der Waals surface area (Å²) in [6.07, 6.45) is 0. The number of hydrogen-bond acceptors (Lipinski definition) is 2. The van der Waals surface area contributed by atoms with Crippen molar-refractivity contribution < 1.29 is 29.8 Å². The van der Waals surface area contributed by atoms with Gasteiger partial charge in [-0.25, -0.2) is 4.79 Å². The van der Waals surface area contributed by atoms with Crippen LogP contribution in [0.15, 0.2) is 24.3 Å². The Kier molecular flexibility index (Phi) is 6.29. The van der Waals surface area contributed by atoms with Gasteiger partial charge >= 0.3 is 40.5 Å². The molecule has 0 atom stereocenters. The van der Waals surface area contributed by atoms with Crippen molar-refractivity contribution in [3.63, 3.8) is 0 Å². The van der Waals surface area contributed by atoms with Crippen molar-refractivity contribution in [2.45, 2.75) is 0 Å². The number of carboxylic acid groups (broad SMARTS) is 1. The van der Waals surface area contributed by atoms with Crippen LogP contribution in [0, 0.1) is 0 Å². The first-order valence-electron chi connectivity index (χ1n) is 3.00. The molecule has 5 heteroatoms. The Morgan fingerprint density at radius 3 is 2.17 bits per heavy atom. The fourth-order valence-electron chi connectivity index (χ4n) is 0.654. The van der Waals surface area contributed by atoms with Crippen molar-refractivity contribution >= 4 is 25.7 Å². The van der Waals surface area contributed by atoms with Crippen molar-refractivity contribution in [2.24, 2.45) is 0 Å². The number of para-hydroxylation sites is 1. The molecule has 0 spiro atoms. The van der Waals surface area contributed by atoms with Crippen LogP contribution in [0.3, 0.4) is 0 Å². The number of aromatic hydroxyl groups is 1.